The zero-order valence-electron chi connectivity index (χ0n) is 14.8. The van der Waals surface area contributed by atoms with E-state index in [1.807, 2.05) is 38.4 Å². The number of ether oxygens (including phenoxy) is 2. The summed E-state index contributed by atoms with van der Waals surface area (Å²) < 4.78 is 10.6. The Hall–Kier alpha value is -2.50. The summed E-state index contributed by atoms with van der Waals surface area (Å²) in [5.74, 6) is 0.924. The first-order valence-electron chi connectivity index (χ1n) is 8.33. The third kappa shape index (κ3) is 4.77. The Bertz CT molecular complexity index is 817. The van der Waals surface area contributed by atoms with Gasteiger partial charge in [-0.05, 0) is 62.0 Å². The molecule has 0 spiro atoms. The highest BCUT2D eigenvalue weighted by molar-refractivity contribution is 6.32. The van der Waals surface area contributed by atoms with Crippen LogP contribution in [0.25, 0.3) is 6.08 Å². The van der Waals surface area contributed by atoms with Crippen LogP contribution in [0.5, 0.6) is 11.5 Å². The minimum Gasteiger partial charge on any atom is -0.454 e. The van der Waals surface area contributed by atoms with Crippen LogP contribution in [0, 0.1) is 0 Å². The topological polar surface area (TPSA) is 50.8 Å². The Labute approximate surface area is 158 Å². The number of amides is 1. The predicted octanol–water partition coefficient (Wildman–Crippen LogP) is 3.82. The molecule has 1 heterocycles. The lowest BCUT2D eigenvalue weighted by atomic mass is 10.1. The van der Waals surface area contributed by atoms with Gasteiger partial charge in [-0.15, -0.1) is 0 Å². The first kappa shape index (κ1) is 18.3. The molecule has 0 fully saturated rings. The van der Waals surface area contributed by atoms with Crippen LogP contribution in [-0.4, -0.2) is 38.2 Å². The molecule has 2 aromatic carbocycles. The summed E-state index contributed by atoms with van der Waals surface area (Å²) in [7, 11) is 4.10. The molecule has 0 unspecified atom stereocenters. The van der Waals surface area contributed by atoms with E-state index < -0.39 is 0 Å². The second-order valence-electron chi connectivity index (χ2n) is 6.31. The summed E-state index contributed by atoms with van der Waals surface area (Å²) in [5.41, 5.74) is 2.77. The maximum Gasteiger partial charge on any atom is 0.248 e. The zero-order chi connectivity index (χ0) is 18.5. The summed E-state index contributed by atoms with van der Waals surface area (Å²) in [4.78, 5) is 14.3. The van der Waals surface area contributed by atoms with Gasteiger partial charge in [0.25, 0.3) is 0 Å². The number of likely N-dealkylation sites (N-methyl/N-ethyl adjacent to an activating group) is 1. The van der Waals surface area contributed by atoms with Gasteiger partial charge in [0.1, 0.15) is 0 Å². The normalized spacial score (nSPS) is 12.8. The lowest BCUT2D eigenvalue weighted by Gasteiger charge is -2.09. The van der Waals surface area contributed by atoms with E-state index in [4.69, 9.17) is 21.1 Å². The third-order valence-corrected chi connectivity index (χ3v) is 4.23. The monoisotopic (exact) mass is 372 g/mol. The maximum absolute atomic E-state index is 12.1. The van der Waals surface area contributed by atoms with Crippen molar-refractivity contribution in [2.75, 3.05) is 32.7 Å². The van der Waals surface area contributed by atoms with Gasteiger partial charge in [-0.3, -0.25) is 4.79 Å². The number of fused-ring (bicyclic) bond motifs is 1. The van der Waals surface area contributed by atoms with Crippen molar-refractivity contribution in [2.24, 2.45) is 0 Å². The number of halogens is 1. The molecule has 1 aliphatic heterocycles. The standard InChI is InChI=1S/C20H21ClN2O3/c1-23(2)10-9-14-3-6-16(7-4-14)22-19(24)8-5-15-11-17(21)20-18(12-15)25-13-26-20/h3-8,11-12H,9-10,13H2,1-2H3,(H,22,24)/b8-5+. The first-order chi connectivity index (χ1) is 12.5. The minimum atomic E-state index is -0.208. The summed E-state index contributed by atoms with van der Waals surface area (Å²) in [6.07, 6.45) is 4.13. The molecule has 1 amide bonds. The highest BCUT2D eigenvalue weighted by Crippen LogP contribution is 2.40. The molecule has 3 rings (SSSR count). The third-order valence-electron chi connectivity index (χ3n) is 3.95. The van der Waals surface area contributed by atoms with E-state index in [1.54, 1.807) is 18.2 Å². The number of nitrogens with one attached hydrogen (secondary N) is 1. The van der Waals surface area contributed by atoms with E-state index in [1.165, 1.54) is 11.6 Å². The van der Waals surface area contributed by atoms with E-state index >= 15 is 0 Å². The zero-order valence-corrected chi connectivity index (χ0v) is 15.5. The van der Waals surface area contributed by atoms with Crippen LogP contribution in [0.2, 0.25) is 5.02 Å². The molecular formula is C20H21ClN2O3. The van der Waals surface area contributed by atoms with E-state index in [0.29, 0.717) is 16.5 Å². The average molecular weight is 373 g/mol. The molecule has 26 heavy (non-hydrogen) atoms. The molecule has 0 saturated heterocycles. The summed E-state index contributed by atoms with van der Waals surface area (Å²) in [6, 6.07) is 11.4. The lowest BCUT2D eigenvalue weighted by molar-refractivity contribution is -0.111. The Balaban J connectivity index is 1.58. The average Bonchev–Trinajstić information content (AvgIpc) is 3.08. The predicted molar refractivity (Wildman–Crippen MR) is 104 cm³/mol. The molecule has 1 N–H and O–H groups in total. The van der Waals surface area contributed by atoms with Crippen LogP contribution >= 0.6 is 11.6 Å². The van der Waals surface area contributed by atoms with Crippen LogP contribution < -0.4 is 14.8 Å². The molecule has 0 radical (unpaired) electrons. The number of rotatable bonds is 6. The Kier molecular flexibility index (Phi) is 5.81. The van der Waals surface area contributed by atoms with Gasteiger partial charge in [-0.2, -0.15) is 0 Å². The van der Waals surface area contributed by atoms with Gasteiger partial charge in [0, 0.05) is 18.3 Å². The summed E-state index contributed by atoms with van der Waals surface area (Å²) >= 11 is 6.14. The fourth-order valence-electron chi connectivity index (χ4n) is 2.55. The molecule has 136 valence electrons. The van der Waals surface area contributed by atoms with Crippen LogP contribution in [0.3, 0.4) is 0 Å². The second kappa shape index (κ2) is 8.25. The van der Waals surface area contributed by atoms with Gasteiger partial charge in [0.15, 0.2) is 11.5 Å². The summed E-state index contributed by atoms with van der Waals surface area (Å²) in [5, 5.41) is 3.31. The van der Waals surface area contributed by atoms with E-state index in [2.05, 4.69) is 10.2 Å². The second-order valence-corrected chi connectivity index (χ2v) is 6.72. The van der Waals surface area contributed by atoms with E-state index in [0.717, 1.165) is 24.2 Å². The first-order valence-corrected chi connectivity index (χ1v) is 8.71. The molecule has 0 bridgehead atoms. The van der Waals surface area contributed by atoms with Crippen molar-refractivity contribution in [2.45, 2.75) is 6.42 Å². The minimum absolute atomic E-state index is 0.160. The summed E-state index contributed by atoms with van der Waals surface area (Å²) in [6.45, 7) is 1.15. The molecule has 6 heteroatoms. The molecule has 1 aliphatic rings. The molecular weight excluding hydrogens is 352 g/mol. The van der Waals surface area contributed by atoms with Gasteiger partial charge >= 0.3 is 0 Å². The quantitative estimate of drug-likeness (QED) is 0.783. The van der Waals surface area contributed by atoms with Crippen LogP contribution in [-0.2, 0) is 11.2 Å². The number of nitrogens with zero attached hydrogens (tertiary/aromatic N) is 1. The van der Waals surface area contributed by atoms with Crippen LogP contribution in [0.15, 0.2) is 42.5 Å². The smallest absolute Gasteiger partial charge is 0.248 e. The van der Waals surface area contributed by atoms with E-state index in [-0.39, 0.29) is 12.7 Å². The molecule has 2 aromatic rings. The van der Waals surface area contributed by atoms with Gasteiger partial charge in [-0.25, -0.2) is 0 Å². The van der Waals surface area contributed by atoms with Crippen molar-refractivity contribution in [1.29, 1.82) is 0 Å². The van der Waals surface area contributed by atoms with Crippen molar-refractivity contribution >= 4 is 29.3 Å². The number of benzene rings is 2. The van der Waals surface area contributed by atoms with Crippen molar-refractivity contribution in [3.8, 4) is 11.5 Å². The van der Waals surface area contributed by atoms with E-state index in [9.17, 15) is 4.79 Å². The van der Waals surface area contributed by atoms with Gasteiger partial charge in [-0.1, -0.05) is 23.7 Å². The number of hydrogen-bond donors (Lipinski definition) is 1. The van der Waals surface area contributed by atoms with Crippen molar-refractivity contribution in [1.82, 2.24) is 4.90 Å². The fourth-order valence-corrected chi connectivity index (χ4v) is 2.82. The van der Waals surface area contributed by atoms with Gasteiger partial charge < -0.3 is 19.7 Å². The highest BCUT2D eigenvalue weighted by atomic mass is 35.5. The lowest BCUT2D eigenvalue weighted by Crippen LogP contribution is -2.15. The number of carbonyl (C=O) groups is 1. The van der Waals surface area contributed by atoms with Crippen LogP contribution in [0.4, 0.5) is 5.69 Å². The van der Waals surface area contributed by atoms with Crippen molar-refractivity contribution in [3.05, 3.63) is 58.6 Å². The molecule has 0 aromatic heterocycles. The van der Waals surface area contributed by atoms with Gasteiger partial charge in [0.05, 0.1) is 5.02 Å². The fraction of sp³-hybridized carbons (Fsp3) is 0.250. The Morgan fingerprint density at radius 2 is 2.00 bits per heavy atom. The van der Waals surface area contributed by atoms with Crippen molar-refractivity contribution in [3.63, 3.8) is 0 Å². The molecule has 0 atom stereocenters. The van der Waals surface area contributed by atoms with Gasteiger partial charge in [0.2, 0.25) is 12.7 Å². The van der Waals surface area contributed by atoms with Crippen molar-refractivity contribution < 1.29 is 14.3 Å². The SMILES string of the molecule is CN(C)CCc1ccc(NC(=O)/C=C/c2cc(Cl)c3c(c2)OCO3)cc1. The Morgan fingerprint density at radius 3 is 2.73 bits per heavy atom. The molecule has 0 saturated carbocycles. The largest absolute Gasteiger partial charge is 0.454 e. The molecule has 0 aliphatic carbocycles. The number of hydrogen-bond acceptors (Lipinski definition) is 4. The number of anilines is 1. The Morgan fingerprint density at radius 1 is 1.23 bits per heavy atom. The number of carbonyl (C=O) groups excluding carboxylic acids is 1. The highest BCUT2D eigenvalue weighted by Gasteiger charge is 2.17. The maximum atomic E-state index is 12.1. The molecule has 5 nitrogen and oxygen atoms in total. The van der Waals surface area contributed by atoms with Crippen LogP contribution in [0.1, 0.15) is 11.1 Å².